The van der Waals surface area contributed by atoms with Crippen LogP contribution in [0.2, 0.25) is 0 Å². The Hall–Kier alpha value is -0.810. The zero-order valence-electron chi connectivity index (χ0n) is 11.7. The second-order valence-corrected chi connectivity index (χ2v) is 5.43. The molecule has 0 aliphatic rings. The number of hydrogen-bond donors (Lipinski definition) is 3. The van der Waals surface area contributed by atoms with Gasteiger partial charge in [0.05, 0.1) is 0 Å². The van der Waals surface area contributed by atoms with Crippen molar-refractivity contribution in [2.24, 2.45) is 5.73 Å². The summed E-state index contributed by atoms with van der Waals surface area (Å²) in [6, 6.07) is 0.394. The second kappa shape index (κ2) is 7.50. The lowest BCUT2D eigenvalue weighted by molar-refractivity contribution is 0.0506. The van der Waals surface area contributed by atoms with E-state index in [0.29, 0.717) is 12.6 Å². The van der Waals surface area contributed by atoms with Gasteiger partial charge in [0, 0.05) is 18.6 Å². The smallest absolute Gasteiger partial charge is 0.407 e. The number of alkyl carbamates (subject to hydrolysis) is 1. The minimum absolute atomic E-state index is 0.0855. The van der Waals surface area contributed by atoms with Crippen LogP contribution < -0.4 is 16.4 Å². The van der Waals surface area contributed by atoms with Crippen LogP contribution in [0.15, 0.2) is 0 Å². The Kier molecular flexibility index (Phi) is 7.15. The second-order valence-electron chi connectivity index (χ2n) is 5.43. The predicted molar refractivity (Wildman–Crippen MR) is 70.0 cm³/mol. The third-order valence-corrected chi connectivity index (χ3v) is 2.19. The van der Waals surface area contributed by atoms with Gasteiger partial charge in [-0.1, -0.05) is 0 Å². The highest BCUT2D eigenvalue weighted by molar-refractivity contribution is 5.67. The first kappa shape index (κ1) is 16.2. The maximum absolute atomic E-state index is 11.4. The summed E-state index contributed by atoms with van der Waals surface area (Å²) in [6.07, 6.45) is 0.487. The summed E-state index contributed by atoms with van der Waals surface area (Å²) < 4.78 is 5.17. The molecule has 0 aromatic carbocycles. The lowest BCUT2D eigenvalue weighted by Gasteiger charge is -2.22. The first-order valence-corrected chi connectivity index (χ1v) is 6.17. The van der Waals surface area contributed by atoms with Gasteiger partial charge in [-0.3, -0.25) is 0 Å². The van der Waals surface area contributed by atoms with Crippen LogP contribution in [0.1, 0.15) is 41.0 Å². The molecule has 1 amide bonds. The van der Waals surface area contributed by atoms with Gasteiger partial charge in [0.2, 0.25) is 0 Å². The number of rotatable bonds is 6. The van der Waals surface area contributed by atoms with Crippen LogP contribution in [0.4, 0.5) is 4.79 Å². The molecular formula is C12H27N3O2. The van der Waals surface area contributed by atoms with Crippen LogP contribution in [0.3, 0.4) is 0 Å². The minimum atomic E-state index is -0.448. The minimum Gasteiger partial charge on any atom is -0.444 e. The van der Waals surface area contributed by atoms with Crippen LogP contribution >= 0.6 is 0 Å². The van der Waals surface area contributed by atoms with Crippen molar-refractivity contribution in [2.45, 2.75) is 58.7 Å². The molecule has 0 saturated heterocycles. The van der Waals surface area contributed by atoms with Gasteiger partial charge < -0.3 is 21.1 Å². The molecule has 0 spiro atoms. The number of nitrogens with two attached hydrogens (primary N) is 1. The number of hydrogen-bond acceptors (Lipinski definition) is 4. The molecule has 4 N–H and O–H groups in total. The normalized spacial score (nSPS) is 15.2. The third kappa shape index (κ3) is 10.1. The molecule has 0 radical (unpaired) electrons. The largest absolute Gasteiger partial charge is 0.444 e. The Morgan fingerprint density at radius 3 is 2.35 bits per heavy atom. The van der Waals surface area contributed by atoms with Crippen molar-refractivity contribution in [1.82, 2.24) is 10.6 Å². The Bertz CT molecular complexity index is 226. The van der Waals surface area contributed by atoms with E-state index in [9.17, 15) is 4.79 Å². The SMILES string of the molecule is CC(CN)NCCC(C)NC(=O)OC(C)(C)C. The van der Waals surface area contributed by atoms with Crippen LogP contribution in [-0.2, 0) is 4.74 Å². The average Bonchev–Trinajstić information content (AvgIpc) is 2.13. The number of ether oxygens (including phenoxy) is 1. The summed E-state index contributed by atoms with van der Waals surface area (Å²) in [6.45, 7) is 11.0. The van der Waals surface area contributed by atoms with E-state index in [1.807, 2.05) is 34.6 Å². The number of carbonyl (C=O) groups excluding carboxylic acids is 1. The Morgan fingerprint density at radius 1 is 1.29 bits per heavy atom. The third-order valence-electron chi connectivity index (χ3n) is 2.19. The van der Waals surface area contributed by atoms with Gasteiger partial charge in [0.15, 0.2) is 0 Å². The van der Waals surface area contributed by atoms with Crippen LogP contribution in [-0.4, -0.2) is 36.9 Å². The number of amides is 1. The molecule has 5 heteroatoms. The van der Waals surface area contributed by atoms with E-state index in [4.69, 9.17) is 10.5 Å². The van der Waals surface area contributed by atoms with Crippen molar-refractivity contribution in [1.29, 1.82) is 0 Å². The van der Waals surface area contributed by atoms with Gasteiger partial charge in [0.1, 0.15) is 5.60 Å². The maximum atomic E-state index is 11.4. The molecule has 0 bridgehead atoms. The van der Waals surface area contributed by atoms with Crippen LogP contribution in [0, 0.1) is 0 Å². The quantitative estimate of drug-likeness (QED) is 0.658. The highest BCUT2D eigenvalue weighted by Crippen LogP contribution is 2.06. The van der Waals surface area contributed by atoms with E-state index >= 15 is 0 Å². The molecule has 0 rings (SSSR count). The van der Waals surface area contributed by atoms with Crippen molar-refractivity contribution in [3.8, 4) is 0 Å². The molecule has 5 nitrogen and oxygen atoms in total. The van der Waals surface area contributed by atoms with Crippen molar-refractivity contribution < 1.29 is 9.53 Å². The molecule has 0 aromatic rings. The number of carbonyl (C=O) groups is 1. The number of nitrogens with one attached hydrogen (secondary N) is 2. The molecule has 0 aliphatic carbocycles. The average molecular weight is 245 g/mol. The molecular weight excluding hydrogens is 218 g/mol. The molecule has 0 heterocycles. The molecule has 2 unspecified atom stereocenters. The van der Waals surface area contributed by atoms with E-state index in [2.05, 4.69) is 10.6 Å². The Morgan fingerprint density at radius 2 is 1.88 bits per heavy atom. The molecule has 0 fully saturated rings. The molecule has 2 atom stereocenters. The highest BCUT2D eigenvalue weighted by atomic mass is 16.6. The maximum Gasteiger partial charge on any atom is 0.407 e. The first-order chi connectivity index (χ1) is 7.74. The standard InChI is InChI=1S/C12H27N3O2/c1-9(6-7-14-10(2)8-13)15-11(16)17-12(3,4)5/h9-10,14H,6-8,13H2,1-5H3,(H,15,16). The highest BCUT2D eigenvalue weighted by Gasteiger charge is 2.17. The molecule has 17 heavy (non-hydrogen) atoms. The molecule has 0 saturated carbocycles. The van der Waals surface area contributed by atoms with E-state index in [-0.39, 0.29) is 12.1 Å². The monoisotopic (exact) mass is 245 g/mol. The summed E-state index contributed by atoms with van der Waals surface area (Å²) in [4.78, 5) is 11.4. The zero-order valence-corrected chi connectivity index (χ0v) is 11.7. The van der Waals surface area contributed by atoms with Crippen molar-refractivity contribution >= 4 is 6.09 Å². The summed E-state index contributed by atoms with van der Waals surface area (Å²) in [7, 11) is 0. The fourth-order valence-corrected chi connectivity index (χ4v) is 1.21. The zero-order chi connectivity index (χ0) is 13.5. The molecule has 102 valence electrons. The Balaban J connectivity index is 3.71. The van der Waals surface area contributed by atoms with Gasteiger partial charge in [0.25, 0.3) is 0 Å². The molecule has 0 aliphatic heterocycles. The van der Waals surface area contributed by atoms with Crippen molar-refractivity contribution in [2.75, 3.05) is 13.1 Å². The van der Waals surface area contributed by atoms with Crippen LogP contribution in [0.25, 0.3) is 0 Å². The lowest BCUT2D eigenvalue weighted by Crippen LogP contribution is -2.40. The van der Waals surface area contributed by atoms with Gasteiger partial charge in [-0.25, -0.2) is 4.79 Å². The summed E-state index contributed by atoms with van der Waals surface area (Å²) in [5.41, 5.74) is 5.04. The van der Waals surface area contributed by atoms with E-state index in [1.54, 1.807) is 0 Å². The summed E-state index contributed by atoms with van der Waals surface area (Å²) >= 11 is 0. The van der Waals surface area contributed by atoms with Gasteiger partial charge in [-0.15, -0.1) is 0 Å². The summed E-state index contributed by atoms with van der Waals surface area (Å²) in [5.74, 6) is 0. The fourth-order valence-electron chi connectivity index (χ4n) is 1.21. The first-order valence-electron chi connectivity index (χ1n) is 6.17. The topological polar surface area (TPSA) is 76.4 Å². The van der Waals surface area contributed by atoms with E-state index in [1.165, 1.54) is 0 Å². The van der Waals surface area contributed by atoms with Crippen molar-refractivity contribution in [3.63, 3.8) is 0 Å². The summed E-state index contributed by atoms with van der Waals surface area (Å²) in [5, 5.41) is 6.06. The van der Waals surface area contributed by atoms with E-state index < -0.39 is 5.60 Å². The van der Waals surface area contributed by atoms with Gasteiger partial charge in [-0.05, 0) is 47.6 Å². The lowest BCUT2D eigenvalue weighted by atomic mass is 10.2. The van der Waals surface area contributed by atoms with Crippen molar-refractivity contribution in [3.05, 3.63) is 0 Å². The van der Waals surface area contributed by atoms with Gasteiger partial charge in [-0.2, -0.15) is 0 Å². The Labute approximate surface area is 104 Å². The fraction of sp³-hybridized carbons (Fsp3) is 0.917. The van der Waals surface area contributed by atoms with Crippen LogP contribution in [0.5, 0.6) is 0 Å². The van der Waals surface area contributed by atoms with Gasteiger partial charge >= 0.3 is 6.09 Å². The molecule has 0 aromatic heterocycles. The van der Waals surface area contributed by atoms with E-state index in [0.717, 1.165) is 13.0 Å². The predicted octanol–water partition coefficient (Wildman–Crippen LogP) is 1.23.